The average Bonchev–Trinajstić information content (AvgIpc) is 2.45. The quantitative estimate of drug-likeness (QED) is 0.849. The molecule has 1 heterocycles. The minimum absolute atomic E-state index is 0. The summed E-state index contributed by atoms with van der Waals surface area (Å²) < 4.78 is 22.8. The van der Waals surface area contributed by atoms with E-state index in [4.69, 9.17) is 5.14 Å². The number of likely N-dealkylation sites (N-methyl/N-ethyl adjacent to an activating group) is 1. The fourth-order valence-electron chi connectivity index (χ4n) is 2.68. The Balaban J connectivity index is 0.00000242. The Kier molecular flexibility index (Phi) is 6.37. The van der Waals surface area contributed by atoms with E-state index in [0.717, 1.165) is 19.4 Å². The lowest BCUT2D eigenvalue weighted by Gasteiger charge is -2.32. The van der Waals surface area contributed by atoms with E-state index in [0.29, 0.717) is 23.7 Å². The lowest BCUT2D eigenvalue weighted by molar-refractivity contribution is 0.0698. The Morgan fingerprint density at radius 3 is 2.64 bits per heavy atom. The zero-order valence-electron chi connectivity index (χ0n) is 12.7. The molecule has 6 nitrogen and oxygen atoms in total. The van der Waals surface area contributed by atoms with E-state index in [1.165, 1.54) is 12.1 Å². The molecule has 0 saturated carbocycles. The van der Waals surface area contributed by atoms with Crippen LogP contribution in [0.15, 0.2) is 23.1 Å². The van der Waals surface area contributed by atoms with Crippen molar-refractivity contribution < 1.29 is 13.2 Å². The maximum absolute atomic E-state index is 12.5. The van der Waals surface area contributed by atoms with E-state index in [-0.39, 0.29) is 23.2 Å². The smallest absolute Gasteiger partial charge is 0.253 e. The van der Waals surface area contributed by atoms with E-state index in [2.05, 4.69) is 5.32 Å². The standard InChI is InChI=1S/C14H21N3O3S.ClH/c1-10-8-11(5-6-13(10)21(15,19)20)14(18)17-7-3-4-12(9-17)16-2;/h5-6,8,12,16H,3-4,7,9H2,1-2H3,(H2,15,19,20);1H. The van der Waals surface area contributed by atoms with Crippen LogP contribution in [0.5, 0.6) is 0 Å². The fraction of sp³-hybridized carbons (Fsp3) is 0.500. The second-order valence-electron chi connectivity index (χ2n) is 5.40. The Bertz CT molecular complexity index is 649. The Morgan fingerprint density at radius 1 is 1.41 bits per heavy atom. The van der Waals surface area contributed by atoms with Crippen molar-refractivity contribution in [2.45, 2.75) is 30.7 Å². The number of benzene rings is 1. The third-order valence-corrected chi connectivity index (χ3v) is 4.92. The number of nitrogens with zero attached hydrogens (tertiary/aromatic N) is 1. The van der Waals surface area contributed by atoms with Gasteiger partial charge in [-0.1, -0.05) is 0 Å². The summed E-state index contributed by atoms with van der Waals surface area (Å²) in [5.74, 6) is -0.0704. The maximum Gasteiger partial charge on any atom is 0.253 e. The minimum atomic E-state index is -3.75. The van der Waals surface area contributed by atoms with Crippen molar-refractivity contribution in [3.05, 3.63) is 29.3 Å². The molecule has 1 saturated heterocycles. The van der Waals surface area contributed by atoms with Crippen LogP contribution in [0.3, 0.4) is 0 Å². The van der Waals surface area contributed by atoms with E-state index in [1.807, 2.05) is 7.05 Å². The first-order valence-corrected chi connectivity index (χ1v) is 8.47. The third-order valence-electron chi connectivity index (χ3n) is 3.85. The van der Waals surface area contributed by atoms with Gasteiger partial charge in [-0.2, -0.15) is 0 Å². The number of likely N-dealkylation sites (tertiary alicyclic amines) is 1. The van der Waals surface area contributed by atoms with Crippen LogP contribution in [0.2, 0.25) is 0 Å². The van der Waals surface area contributed by atoms with E-state index < -0.39 is 10.0 Å². The largest absolute Gasteiger partial charge is 0.337 e. The lowest BCUT2D eigenvalue weighted by Crippen LogP contribution is -2.47. The summed E-state index contributed by atoms with van der Waals surface area (Å²) in [6, 6.07) is 4.83. The third kappa shape index (κ3) is 4.19. The number of halogens is 1. The molecule has 1 aliphatic heterocycles. The summed E-state index contributed by atoms with van der Waals surface area (Å²) in [6.45, 7) is 3.04. The predicted octanol–water partition coefficient (Wildman–Crippen LogP) is 0.888. The molecular weight excluding hydrogens is 326 g/mol. The van der Waals surface area contributed by atoms with Crippen molar-refractivity contribution in [1.82, 2.24) is 10.2 Å². The Hall–Kier alpha value is -1.15. The summed E-state index contributed by atoms with van der Waals surface area (Å²) in [5.41, 5.74) is 0.988. The van der Waals surface area contributed by atoms with Crippen LogP contribution in [0.25, 0.3) is 0 Å². The topological polar surface area (TPSA) is 92.5 Å². The van der Waals surface area contributed by atoms with Gasteiger partial charge in [0.2, 0.25) is 10.0 Å². The molecule has 8 heteroatoms. The molecule has 22 heavy (non-hydrogen) atoms. The van der Waals surface area contributed by atoms with Crippen LogP contribution in [0.1, 0.15) is 28.8 Å². The highest BCUT2D eigenvalue weighted by atomic mass is 35.5. The number of aryl methyl sites for hydroxylation is 1. The monoisotopic (exact) mass is 347 g/mol. The molecule has 1 amide bonds. The zero-order valence-corrected chi connectivity index (χ0v) is 14.3. The SMILES string of the molecule is CNC1CCCN(C(=O)c2ccc(S(N)(=O)=O)c(C)c2)C1.Cl. The van der Waals surface area contributed by atoms with Gasteiger partial charge >= 0.3 is 0 Å². The molecule has 0 bridgehead atoms. The molecule has 0 aromatic heterocycles. The number of rotatable bonds is 3. The normalized spacial score (nSPS) is 18.7. The Morgan fingerprint density at radius 2 is 2.09 bits per heavy atom. The summed E-state index contributed by atoms with van der Waals surface area (Å²) in [7, 11) is -1.86. The number of primary sulfonamides is 1. The van der Waals surface area contributed by atoms with Gasteiger partial charge in [-0.15, -0.1) is 12.4 Å². The van der Waals surface area contributed by atoms with E-state index in [9.17, 15) is 13.2 Å². The van der Waals surface area contributed by atoms with Gasteiger partial charge in [-0.3, -0.25) is 4.79 Å². The molecule has 1 aromatic rings. The highest BCUT2D eigenvalue weighted by molar-refractivity contribution is 7.89. The van der Waals surface area contributed by atoms with Crippen molar-refractivity contribution in [3.63, 3.8) is 0 Å². The van der Waals surface area contributed by atoms with Gasteiger partial charge in [0.1, 0.15) is 0 Å². The number of nitrogens with one attached hydrogen (secondary N) is 1. The van der Waals surface area contributed by atoms with E-state index in [1.54, 1.807) is 17.9 Å². The molecule has 0 radical (unpaired) electrons. The van der Waals surface area contributed by atoms with Gasteiger partial charge in [0.05, 0.1) is 4.90 Å². The second-order valence-corrected chi connectivity index (χ2v) is 6.93. The molecule has 1 atom stereocenters. The fourth-order valence-corrected chi connectivity index (χ4v) is 3.45. The predicted molar refractivity (Wildman–Crippen MR) is 87.8 cm³/mol. The van der Waals surface area contributed by atoms with Gasteiger partial charge in [-0.25, -0.2) is 13.6 Å². The number of piperidine rings is 1. The van der Waals surface area contributed by atoms with Crippen molar-refractivity contribution in [2.24, 2.45) is 5.14 Å². The van der Waals surface area contributed by atoms with Crippen LogP contribution < -0.4 is 10.5 Å². The average molecular weight is 348 g/mol. The number of hydrogen-bond donors (Lipinski definition) is 2. The van der Waals surface area contributed by atoms with E-state index >= 15 is 0 Å². The maximum atomic E-state index is 12.5. The first-order chi connectivity index (χ1) is 9.82. The highest BCUT2D eigenvalue weighted by Crippen LogP contribution is 2.18. The van der Waals surface area contributed by atoms with Crippen LogP contribution in [-0.2, 0) is 10.0 Å². The summed E-state index contributed by atoms with van der Waals surface area (Å²) >= 11 is 0. The number of sulfonamides is 1. The number of carbonyl (C=O) groups is 1. The van der Waals surface area contributed by atoms with Gasteiger partial charge in [-0.05, 0) is 50.6 Å². The molecule has 124 valence electrons. The van der Waals surface area contributed by atoms with Crippen molar-refractivity contribution in [1.29, 1.82) is 0 Å². The summed E-state index contributed by atoms with van der Waals surface area (Å²) in [4.78, 5) is 14.4. The van der Waals surface area contributed by atoms with Crippen LogP contribution >= 0.6 is 12.4 Å². The van der Waals surface area contributed by atoms with Gasteiger partial charge in [0.25, 0.3) is 5.91 Å². The molecule has 1 aliphatic rings. The molecule has 1 aromatic carbocycles. The van der Waals surface area contributed by atoms with Gasteiger partial charge < -0.3 is 10.2 Å². The van der Waals surface area contributed by atoms with Gasteiger partial charge in [0, 0.05) is 24.7 Å². The molecule has 1 fully saturated rings. The number of amides is 1. The minimum Gasteiger partial charge on any atom is -0.337 e. The lowest BCUT2D eigenvalue weighted by atomic mass is 10.0. The second kappa shape index (κ2) is 7.41. The number of carbonyl (C=O) groups excluding carboxylic acids is 1. The molecule has 0 aliphatic carbocycles. The summed E-state index contributed by atoms with van der Waals surface area (Å²) in [6.07, 6.45) is 2.02. The van der Waals surface area contributed by atoms with Crippen molar-refractivity contribution >= 4 is 28.3 Å². The molecule has 0 spiro atoms. The number of nitrogens with two attached hydrogens (primary N) is 1. The first-order valence-electron chi connectivity index (χ1n) is 6.93. The number of hydrogen-bond acceptors (Lipinski definition) is 4. The molecule has 3 N–H and O–H groups in total. The molecular formula is C14H22ClN3O3S. The molecule has 1 unspecified atom stereocenters. The zero-order chi connectivity index (χ0) is 15.6. The van der Waals surface area contributed by atoms with Crippen LogP contribution in [-0.4, -0.2) is 45.4 Å². The first kappa shape index (κ1) is 18.9. The summed E-state index contributed by atoms with van der Waals surface area (Å²) in [5, 5.41) is 8.32. The van der Waals surface area contributed by atoms with Crippen molar-refractivity contribution in [3.8, 4) is 0 Å². The van der Waals surface area contributed by atoms with Crippen LogP contribution in [0.4, 0.5) is 0 Å². The van der Waals surface area contributed by atoms with Crippen molar-refractivity contribution in [2.75, 3.05) is 20.1 Å². The molecule has 2 rings (SSSR count). The van der Waals surface area contributed by atoms with Gasteiger partial charge in [0.15, 0.2) is 0 Å². The van der Waals surface area contributed by atoms with Crippen LogP contribution in [0, 0.1) is 6.92 Å². The highest BCUT2D eigenvalue weighted by Gasteiger charge is 2.24. The Labute approximate surface area is 137 Å².